The summed E-state index contributed by atoms with van der Waals surface area (Å²) in [6, 6.07) is -0.997. The van der Waals surface area contributed by atoms with Crippen LogP contribution in [-0.2, 0) is 4.79 Å². The molecule has 6 nitrogen and oxygen atoms in total. The molecule has 0 radical (unpaired) electrons. The van der Waals surface area contributed by atoms with E-state index >= 15 is 0 Å². The third-order valence-electron chi connectivity index (χ3n) is 12.0. The van der Waals surface area contributed by atoms with Crippen LogP contribution in [0.2, 0.25) is 0 Å². The van der Waals surface area contributed by atoms with E-state index in [2.05, 4.69) is 31.3 Å². The minimum Gasteiger partial charge on any atom is -0.394 e. The van der Waals surface area contributed by atoms with Crippen LogP contribution >= 0.6 is 0 Å². The Labute approximate surface area is 349 Å². The largest absolute Gasteiger partial charge is 0.394 e. The molecule has 4 unspecified atom stereocenters. The fourth-order valence-electron chi connectivity index (χ4n) is 7.99. The number of unbranched alkanes of at least 4 members (excludes halogenated alkanes) is 35. The van der Waals surface area contributed by atoms with Gasteiger partial charge in [0.25, 0.3) is 0 Å². The summed E-state index contributed by atoms with van der Waals surface area (Å²) in [4.78, 5) is 12.5. The number of hydrogen-bond donors (Lipinski definition) is 5. The van der Waals surface area contributed by atoms with Gasteiger partial charge in [-0.25, -0.2) is 0 Å². The third kappa shape index (κ3) is 38.6. The highest BCUT2D eigenvalue weighted by Crippen LogP contribution is 2.17. The highest BCUT2D eigenvalue weighted by Gasteiger charge is 2.28. The Morgan fingerprint density at radius 3 is 1.07 bits per heavy atom. The van der Waals surface area contributed by atoms with Gasteiger partial charge in [0.2, 0.25) is 5.91 Å². The first kappa shape index (κ1) is 55.0. The van der Waals surface area contributed by atoms with Crippen molar-refractivity contribution in [1.29, 1.82) is 0 Å². The van der Waals surface area contributed by atoms with Crippen LogP contribution < -0.4 is 5.32 Å². The van der Waals surface area contributed by atoms with Crippen molar-refractivity contribution >= 4 is 5.91 Å². The molecular formula is C50H99NO5. The van der Waals surface area contributed by atoms with Crippen LogP contribution in [0, 0.1) is 0 Å². The minimum atomic E-state index is -1.28. The number of aliphatic hydroxyl groups excluding tert-OH is 4. The first-order valence-corrected chi connectivity index (χ1v) is 25.1. The lowest BCUT2D eigenvalue weighted by Gasteiger charge is -2.27. The summed E-state index contributed by atoms with van der Waals surface area (Å²) < 4.78 is 0. The van der Waals surface area contributed by atoms with Crippen molar-refractivity contribution in [3.63, 3.8) is 0 Å². The van der Waals surface area contributed by atoms with E-state index in [0.29, 0.717) is 12.8 Å². The number of rotatable bonds is 46. The number of carbonyl (C=O) groups excluding carboxylic acids is 1. The molecule has 0 aliphatic heterocycles. The van der Waals surface area contributed by atoms with E-state index < -0.39 is 36.9 Å². The maximum absolute atomic E-state index is 12.5. The Bertz CT molecular complexity index is 806. The quantitative estimate of drug-likeness (QED) is 0.0311. The lowest BCUT2D eigenvalue weighted by molar-refractivity contribution is -0.132. The van der Waals surface area contributed by atoms with Gasteiger partial charge in [-0.2, -0.15) is 0 Å². The summed E-state index contributed by atoms with van der Waals surface area (Å²) in [6.07, 6.45) is 51.3. The lowest BCUT2D eigenvalue weighted by atomic mass is 10.00. The summed E-state index contributed by atoms with van der Waals surface area (Å²) in [5, 5.41) is 43.7. The average Bonchev–Trinajstić information content (AvgIpc) is 3.20. The van der Waals surface area contributed by atoms with Gasteiger partial charge in [0.05, 0.1) is 18.8 Å². The topological polar surface area (TPSA) is 110 Å². The zero-order valence-corrected chi connectivity index (χ0v) is 37.7. The molecule has 0 aromatic carbocycles. The van der Waals surface area contributed by atoms with Gasteiger partial charge >= 0.3 is 0 Å². The van der Waals surface area contributed by atoms with Crippen molar-refractivity contribution in [1.82, 2.24) is 5.32 Å². The van der Waals surface area contributed by atoms with E-state index in [1.807, 2.05) is 0 Å². The number of carbonyl (C=O) groups is 1. The molecule has 5 N–H and O–H groups in total. The molecule has 0 rings (SSSR count). The molecule has 0 saturated heterocycles. The van der Waals surface area contributed by atoms with Gasteiger partial charge in [-0.05, 0) is 38.5 Å². The Hall–Kier alpha value is -0.950. The van der Waals surface area contributed by atoms with Gasteiger partial charge in [0.1, 0.15) is 12.2 Å². The van der Waals surface area contributed by atoms with Gasteiger partial charge in [-0.3, -0.25) is 4.79 Å². The molecule has 0 bridgehead atoms. The SMILES string of the molecule is CCCCCCCCCC/C=C/CCCC(O)C(O)C(CO)NC(=O)C(O)CCCCCCCCCCCCCCCCCCCCCCCCCCCCC. The summed E-state index contributed by atoms with van der Waals surface area (Å²) in [6.45, 7) is 4.05. The fourth-order valence-corrected chi connectivity index (χ4v) is 7.99. The molecule has 6 heteroatoms. The van der Waals surface area contributed by atoms with Gasteiger partial charge in [-0.15, -0.1) is 0 Å². The van der Waals surface area contributed by atoms with Gasteiger partial charge in [-0.1, -0.05) is 244 Å². The van der Waals surface area contributed by atoms with Gasteiger partial charge < -0.3 is 25.7 Å². The highest BCUT2D eigenvalue weighted by molar-refractivity contribution is 5.80. The van der Waals surface area contributed by atoms with Crippen LogP contribution in [0.3, 0.4) is 0 Å². The molecular weight excluding hydrogens is 695 g/mol. The van der Waals surface area contributed by atoms with Crippen LogP contribution in [0.25, 0.3) is 0 Å². The molecule has 334 valence electrons. The van der Waals surface area contributed by atoms with Gasteiger partial charge in [0.15, 0.2) is 0 Å². The normalized spacial score (nSPS) is 14.0. The molecule has 0 fully saturated rings. The molecule has 0 heterocycles. The average molecular weight is 794 g/mol. The van der Waals surface area contributed by atoms with Crippen molar-refractivity contribution in [3.8, 4) is 0 Å². The Morgan fingerprint density at radius 1 is 0.429 bits per heavy atom. The highest BCUT2D eigenvalue weighted by atomic mass is 16.3. The zero-order chi connectivity index (χ0) is 41.0. The first-order valence-electron chi connectivity index (χ1n) is 25.1. The van der Waals surface area contributed by atoms with E-state index in [1.54, 1.807) is 0 Å². The smallest absolute Gasteiger partial charge is 0.249 e. The third-order valence-corrected chi connectivity index (χ3v) is 12.0. The number of hydrogen-bond acceptors (Lipinski definition) is 5. The second-order valence-corrected chi connectivity index (χ2v) is 17.5. The first-order chi connectivity index (χ1) is 27.5. The van der Waals surface area contributed by atoms with E-state index in [9.17, 15) is 25.2 Å². The Morgan fingerprint density at radius 2 is 0.732 bits per heavy atom. The van der Waals surface area contributed by atoms with E-state index in [-0.39, 0.29) is 0 Å². The summed E-state index contributed by atoms with van der Waals surface area (Å²) in [5.74, 6) is -0.589. The standard InChI is InChI=1S/C50H99NO5/c1-3-5-7-9-11-13-15-17-18-19-20-21-22-23-24-25-26-27-28-29-30-32-34-36-38-40-42-44-48(54)50(56)51-46(45-52)49(55)47(53)43-41-39-37-35-33-31-16-14-12-10-8-6-4-2/h35,37,46-49,52-55H,3-34,36,38-45H2,1-2H3,(H,51,56)/b37-35+. The van der Waals surface area contributed by atoms with Gasteiger partial charge in [0, 0.05) is 0 Å². The van der Waals surface area contributed by atoms with Crippen LogP contribution in [0.5, 0.6) is 0 Å². The van der Waals surface area contributed by atoms with Crippen LogP contribution in [0.1, 0.15) is 271 Å². The molecule has 0 aliphatic carbocycles. The molecule has 1 amide bonds. The zero-order valence-electron chi connectivity index (χ0n) is 37.7. The number of nitrogens with one attached hydrogen (secondary N) is 1. The predicted octanol–water partition coefficient (Wildman–Crippen LogP) is 13.7. The summed E-state index contributed by atoms with van der Waals surface area (Å²) in [5.41, 5.74) is 0. The fraction of sp³-hybridized carbons (Fsp3) is 0.940. The second kappa shape index (κ2) is 45.1. The molecule has 0 aliphatic rings. The molecule has 56 heavy (non-hydrogen) atoms. The lowest BCUT2D eigenvalue weighted by Crippen LogP contribution is -2.53. The Balaban J connectivity index is 3.60. The van der Waals surface area contributed by atoms with E-state index in [1.165, 1.54) is 205 Å². The van der Waals surface area contributed by atoms with E-state index in [4.69, 9.17) is 0 Å². The number of amides is 1. The maximum Gasteiger partial charge on any atom is 0.249 e. The molecule has 0 saturated carbocycles. The van der Waals surface area contributed by atoms with Crippen LogP contribution in [0.4, 0.5) is 0 Å². The number of aliphatic hydroxyl groups is 4. The monoisotopic (exact) mass is 794 g/mol. The van der Waals surface area contributed by atoms with Crippen molar-refractivity contribution < 1.29 is 25.2 Å². The van der Waals surface area contributed by atoms with Crippen molar-refractivity contribution in [2.75, 3.05) is 6.61 Å². The maximum atomic E-state index is 12.5. The Kier molecular flexibility index (Phi) is 44.4. The van der Waals surface area contributed by atoms with E-state index in [0.717, 1.165) is 38.5 Å². The summed E-state index contributed by atoms with van der Waals surface area (Å²) in [7, 11) is 0. The predicted molar refractivity (Wildman–Crippen MR) is 242 cm³/mol. The number of allylic oxidation sites excluding steroid dienone is 2. The molecule has 0 aromatic rings. The van der Waals surface area contributed by atoms with Crippen molar-refractivity contribution in [2.24, 2.45) is 0 Å². The molecule has 0 aromatic heterocycles. The second-order valence-electron chi connectivity index (χ2n) is 17.5. The van der Waals surface area contributed by atoms with Crippen molar-refractivity contribution in [3.05, 3.63) is 12.2 Å². The minimum absolute atomic E-state index is 0.368. The van der Waals surface area contributed by atoms with Crippen LogP contribution in [0.15, 0.2) is 12.2 Å². The van der Waals surface area contributed by atoms with Crippen molar-refractivity contribution in [2.45, 2.75) is 295 Å². The molecule has 4 atom stereocenters. The van der Waals surface area contributed by atoms with Crippen LogP contribution in [-0.4, -0.2) is 57.3 Å². The summed E-state index contributed by atoms with van der Waals surface area (Å²) >= 11 is 0. The molecule has 0 spiro atoms.